The van der Waals surface area contributed by atoms with Crippen molar-refractivity contribution in [2.45, 2.75) is 12.1 Å². The van der Waals surface area contributed by atoms with Crippen LogP contribution in [0.5, 0.6) is 11.5 Å². The molecule has 0 radical (unpaired) electrons. The Kier molecular flexibility index (Phi) is 5.03. The molecule has 7 nitrogen and oxygen atoms in total. The summed E-state index contributed by atoms with van der Waals surface area (Å²) in [4.78, 5) is 34.3. The molecule has 0 saturated carbocycles. The lowest BCUT2D eigenvalue weighted by Crippen LogP contribution is -2.37. The Morgan fingerprint density at radius 3 is 2.12 bits per heavy atom. The largest absolute Gasteiger partial charge is 0.497 e. The SMILES string of the molecule is COc1ccc(C2C3C(=O)N(c4cccc(OC)c4)C(=O)C3ON2c2ccccc2)cc1. The molecular weight excluding hydrogens is 408 g/mol. The first-order valence-electron chi connectivity index (χ1n) is 10.3. The molecule has 2 saturated heterocycles. The topological polar surface area (TPSA) is 68.3 Å². The molecule has 0 aromatic heterocycles. The van der Waals surface area contributed by atoms with E-state index in [1.807, 2.05) is 54.6 Å². The number of ether oxygens (including phenoxy) is 2. The summed E-state index contributed by atoms with van der Waals surface area (Å²) >= 11 is 0. The third-order valence-electron chi connectivity index (χ3n) is 5.89. The van der Waals surface area contributed by atoms with E-state index in [-0.39, 0.29) is 11.8 Å². The number of carbonyl (C=O) groups is 2. The van der Waals surface area contributed by atoms with Crippen molar-refractivity contribution >= 4 is 23.2 Å². The Labute approximate surface area is 185 Å². The summed E-state index contributed by atoms with van der Waals surface area (Å²) in [5.41, 5.74) is 2.10. The fourth-order valence-electron chi connectivity index (χ4n) is 4.36. The van der Waals surface area contributed by atoms with Crippen LogP contribution in [0.1, 0.15) is 11.6 Å². The van der Waals surface area contributed by atoms with E-state index in [2.05, 4.69) is 0 Å². The number of nitrogens with zero attached hydrogens (tertiary/aromatic N) is 2. The molecule has 5 rings (SSSR count). The zero-order valence-electron chi connectivity index (χ0n) is 17.7. The predicted octanol–water partition coefficient (Wildman–Crippen LogP) is 3.75. The molecule has 2 heterocycles. The number of benzene rings is 3. The third-order valence-corrected chi connectivity index (χ3v) is 5.89. The Morgan fingerprint density at radius 1 is 0.750 bits per heavy atom. The molecule has 0 spiro atoms. The van der Waals surface area contributed by atoms with E-state index >= 15 is 0 Å². The molecule has 3 aromatic rings. The number of rotatable bonds is 5. The number of para-hydroxylation sites is 1. The highest BCUT2D eigenvalue weighted by atomic mass is 16.7. The standard InChI is InChI=1S/C25H22N2O5/c1-30-19-13-11-16(12-14-19)22-21-23(32-27(22)17-7-4-3-5-8-17)25(29)26(24(21)28)18-9-6-10-20(15-18)31-2/h3-15,21-23H,1-2H3. The minimum absolute atomic E-state index is 0.299. The van der Waals surface area contributed by atoms with E-state index in [1.165, 1.54) is 4.90 Å². The maximum atomic E-state index is 13.6. The van der Waals surface area contributed by atoms with Gasteiger partial charge < -0.3 is 9.47 Å². The van der Waals surface area contributed by atoms with Crippen molar-refractivity contribution in [3.05, 3.63) is 84.4 Å². The van der Waals surface area contributed by atoms with Gasteiger partial charge in [0.05, 0.1) is 31.6 Å². The van der Waals surface area contributed by atoms with Crippen LogP contribution < -0.4 is 19.4 Å². The number of amides is 2. The molecule has 7 heteroatoms. The number of imide groups is 1. The second-order valence-corrected chi connectivity index (χ2v) is 7.64. The maximum absolute atomic E-state index is 13.6. The summed E-state index contributed by atoms with van der Waals surface area (Å²) in [6, 6.07) is 23.4. The van der Waals surface area contributed by atoms with Crippen LogP contribution in [0.3, 0.4) is 0 Å². The first kappa shape index (κ1) is 20.1. The Bertz CT molecular complexity index is 1150. The number of methoxy groups -OCH3 is 2. The minimum Gasteiger partial charge on any atom is -0.497 e. The van der Waals surface area contributed by atoms with Gasteiger partial charge in [0.1, 0.15) is 17.4 Å². The molecule has 2 aliphatic heterocycles. The summed E-state index contributed by atoms with van der Waals surface area (Å²) in [7, 11) is 3.15. The summed E-state index contributed by atoms with van der Waals surface area (Å²) < 4.78 is 10.5. The predicted molar refractivity (Wildman–Crippen MR) is 119 cm³/mol. The van der Waals surface area contributed by atoms with Crippen molar-refractivity contribution in [2.24, 2.45) is 5.92 Å². The van der Waals surface area contributed by atoms with Crippen molar-refractivity contribution in [1.29, 1.82) is 0 Å². The Balaban J connectivity index is 1.57. The van der Waals surface area contributed by atoms with Crippen molar-refractivity contribution in [3.63, 3.8) is 0 Å². The van der Waals surface area contributed by atoms with Crippen molar-refractivity contribution in [2.75, 3.05) is 24.2 Å². The van der Waals surface area contributed by atoms with Crippen molar-refractivity contribution in [1.82, 2.24) is 0 Å². The lowest BCUT2D eigenvalue weighted by atomic mass is 9.90. The lowest BCUT2D eigenvalue weighted by molar-refractivity contribution is -0.126. The van der Waals surface area contributed by atoms with E-state index < -0.39 is 18.1 Å². The molecule has 0 N–H and O–H groups in total. The zero-order chi connectivity index (χ0) is 22.2. The highest BCUT2D eigenvalue weighted by molar-refractivity contribution is 6.24. The summed E-state index contributed by atoms with van der Waals surface area (Å²) in [5.74, 6) is -0.0963. The van der Waals surface area contributed by atoms with Crippen LogP contribution in [0.2, 0.25) is 0 Å². The summed E-state index contributed by atoms with van der Waals surface area (Å²) in [5, 5.41) is 1.68. The smallest absolute Gasteiger partial charge is 0.266 e. The van der Waals surface area contributed by atoms with Gasteiger partial charge in [0.2, 0.25) is 5.91 Å². The van der Waals surface area contributed by atoms with Crippen LogP contribution in [-0.2, 0) is 14.4 Å². The molecule has 3 unspecified atom stereocenters. The second kappa shape index (κ2) is 8.01. The molecule has 0 bridgehead atoms. The fourth-order valence-corrected chi connectivity index (χ4v) is 4.36. The lowest BCUT2D eigenvalue weighted by Gasteiger charge is -2.28. The van der Waals surface area contributed by atoms with Gasteiger partial charge in [-0.2, -0.15) is 0 Å². The highest BCUT2D eigenvalue weighted by Crippen LogP contribution is 2.47. The number of carbonyl (C=O) groups excluding carboxylic acids is 2. The number of hydroxylamine groups is 1. The normalized spacial score (nSPS) is 22.2. The molecule has 32 heavy (non-hydrogen) atoms. The van der Waals surface area contributed by atoms with Crippen LogP contribution >= 0.6 is 0 Å². The van der Waals surface area contributed by atoms with Crippen molar-refractivity contribution in [3.8, 4) is 11.5 Å². The quantitative estimate of drug-likeness (QED) is 0.575. The van der Waals surface area contributed by atoms with Gasteiger partial charge in [0.15, 0.2) is 6.10 Å². The first-order valence-corrected chi connectivity index (χ1v) is 10.3. The summed E-state index contributed by atoms with van der Waals surface area (Å²) in [6.07, 6.45) is -0.916. The van der Waals surface area contributed by atoms with E-state index in [0.29, 0.717) is 17.2 Å². The average Bonchev–Trinajstić information content (AvgIpc) is 3.35. The zero-order valence-corrected chi connectivity index (χ0v) is 17.7. The maximum Gasteiger partial charge on any atom is 0.266 e. The monoisotopic (exact) mass is 430 g/mol. The molecular formula is C25H22N2O5. The van der Waals surface area contributed by atoms with Gasteiger partial charge in [-0.25, -0.2) is 9.96 Å². The number of anilines is 2. The summed E-state index contributed by atoms with van der Waals surface area (Å²) in [6.45, 7) is 0. The molecule has 3 aromatic carbocycles. The number of hydrogen-bond acceptors (Lipinski definition) is 6. The van der Waals surface area contributed by atoms with Gasteiger partial charge in [0.25, 0.3) is 5.91 Å². The third kappa shape index (κ3) is 3.18. The second-order valence-electron chi connectivity index (χ2n) is 7.64. The van der Waals surface area contributed by atoms with Crippen molar-refractivity contribution < 1.29 is 23.9 Å². The molecule has 162 valence electrons. The minimum atomic E-state index is -0.916. The molecule has 3 atom stereocenters. The molecule has 2 amide bonds. The van der Waals surface area contributed by atoms with Gasteiger partial charge >= 0.3 is 0 Å². The van der Waals surface area contributed by atoms with E-state index in [0.717, 1.165) is 11.3 Å². The van der Waals surface area contributed by atoms with Gasteiger partial charge in [-0.1, -0.05) is 36.4 Å². The van der Waals surface area contributed by atoms with Crippen LogP contribution in [0.25, 0.3) is 0 Å². The van der Waals surface area contributed by atoms with Crippen LogP contribution in [0.15, 0.2) is 78.9 Å². The first-order chi connectivity index (χ1) is 15.6. The number of fused-ring (bicyclic) bond motifs is 1. The highest BCUT2D eigenvalue weighted by Gasteiger charge is 2.60. The van der Waals surface area contributed by atoms with E-state index in [9.17, 15) is 9.59 Å². The Morgan fingerprint density at radius 2 is 1.44 bits per heavy atom. The van der Waals surface area contributed by atoms with E-state index in [1.54, 1.807) is 43.5 Å². The molecule has 2 aliphatic rings. The van der Waals surface area contributed by atoms with E-state index in [4.69, 9.17) is 14.3 Å². The molecule has 0 aliphatic carbocycles. The van der Waals surface area contributed by atoms with Gasteiger partial charge in [0, 0.05) is 6.07 Å². The van der Waals surface area contributed by atoms with Crippen LogP contribution in [0, 0.1) is 5.92 Å². The van der Waals surface area contributed by atoms with Crippen LogP contribution in [0.4, 0.5) is 11.4 Å². The average molecular weight is 430 g/mol. The molecule has 2 fully saturated rings. The fraction of sp³-hybridized carbons (Fsp3) is 0.200. The van der Waals surface area contributed by atoms with Gasteiger partial charge in [-0.05, 0) is 42.0 Å². The van der Waals surface area contributed by atoms with Gasteiger partial charge in [-0.3, -0.25) is 14.4 Å². The Hall–Kier alpha value is -3.84. The number of hydrogen-bond donors (Lipinski definition) is 0. The van der Waals surface area contributed by atoms with Crippen LogP contribution in [-0.4, -0.2) is 32.1 Å². The van der Waals surface area contributed by atoms with Gasteiger partial charge in [-0.15, -0.1) is 0 Å².